The number of alkyl halides is 2. The number of hydrogen-bond acceptors (Lipinski definition) is 3. The molecule has 0 bridgehead atoms. The first-order valence-electron chi connectivity index (χ1n) is 6.30. The third kappa shape index (κ3) is 2.79. The van der Waals surface area contributed by atoms with E-state index in [0.717, 1.165) is 12.1 Å². The van der Waals surface area contributed by atoms with E-state index in [9.17, 15) is 13.2 Å². The summed E-state index contributed by atoms with van der Waals surface area (Å²) in [5.41, 5.74) is 0.808. The Morgan fingerprint density at radius 1 is 1.23 bits per heavy atom. The second kappa shape index (κ2) is 5.29. The number of aromatic nitrogens is 1. The van der Waals surface area contributed by atoms with Crippen LogP contribution in [0, 0.1) is 17.1 Å². The molecule has 1 aliphatic carbocycles. The summed E-state index contributed by atoms with van der Waals surface area (Å²) < 4.78 is 46.5. The number of pyridine rings is 1. The molecule has 0 spiro atoms. The van der Waals surface area contributed by atoms with Crippen LogP contribution in [0.4, 0.5) is 13.2 Å². The second-order valence-electron chi connectivity index (χ2n) is 4.97. The molecule has 0 fully saturated rings. The summed E-state index contributed by atoms with van der Waals surface area (Å²) in [5.74, 6) is -3.45. The normalized spacial score (nSPS) is 15.2. The Labute approximate surface area is 132 Å². The van der Waals surface area contributed by atoms with E-state index in [4.69, 9.17) is 10.00 Å². The molecular weight excluding hydrogens is 361 g/mol. The molecule has 0 N–H and O–H groups in total. The van der Waals surface area contributed by atoms with Crippen molar-refractivity contribution in [1.82, 2.24) is 4.98 Å². The number of ether oxygens (including phenoxy) is 1. The molecule has 0 amide bonds. The zero-order valence-corrected chi connectivity index (χ0v) is 12.6. The SMILES string of the molecule is N#Cc1cc(F)cc(Oc2ncc(Br)c3c2CC(F)(F)C3)c1. The van der Waals surface area contributed by atoms with Crippen LogP contribution in [0.5, 0.6) is 11.6 Å². The van der Waals surface area contributed by atoms with E-state index in [1.165, 1.54) is 12.3 Å². The molecule has 1 aromatic carbocycles. The van der Waals surface area contributed by atoms with Crippen molar-refractivity contribution in [2.24, 2.45) is 0 Å². The van der Waals surface area contributed by atoms with Crippen LogP contribution in [0.25, 0.3) is 0 Å². The van der Waals surface area contributed by atoms with Crippen molar-refractivity contribution in [2.75, 3.05) is 0 Å². The number of fused-ring (bicyclic) bond motifs is 1. The van der Waals surface area contributed by atoms with Gasteiger partial charge >= 0.3 is 0 Å². The molecule has 22 heavy (non-hydrogen) atoms. The number of hydrogen-bond donors (Lipinski definition) is 0. The quantitative estimate of drug-likeness (QED) is 0.789. The fourth-order valence-corrected chi connectivity index (χ4v) is 2.87. The van der Waals surface area contributed by atoms with E-state index in [2.05, 4.69) is 20.9 Å². The van der Waals surface area contributed by atoms with Gasteiger partial charge in [0.15, 0.2) is 0 Å². The number of nitrogens with zero attached hydrogens (tertiary/aromatic N) is 2. The van der Waals surface area contributed by atoms with Crippen molar-refractivity contribution in [3.63, 3.8) is 0 Å². The Bertz CT molecular complexity index is 802. The summed E-state index contributed by atoms with van der Waals surface area (Å²) in [5, 5.41) is 8.82. The van der Waals surface area contributed by atoms with Gasteiger partial charge in [0.25, 0.3) is 5.92 Å². The van der Waals surface area contributed by atoms with Gasteiger partial charge in [-0.05, 0) is 33.6 Å². The maximum Gasteiger partial charge on any atom is 0.256 e. The minimum atomic E-state index is -2.86. The average molecular weight is 369 g/mol. The highest BCUT2D eigenvalue weighted by Gasteiger charge is 2.41. The monoisotopic (exact) mass is 368 g/mol. The zero-order valence-electron chi connectivity index (χ0n) is 11.0. The fourth-order valence-electron chi connectivity index (χ4n) is 2.38. The third-order valence-corrected chi connectivity index (χ3v) is 3.97. The maximum absolute atomic E-state index is 13.6. The van der Waals surface area contributed by atoms with E-state index in [-0.39, 0.29) is 17.2 Å². The molecule has 2 aromatic rings. The van der Waals surface area contributed by atoms with Crippen molar-refractivity contribution < 1.29 is 17.9 Å². The van der Waals surface area contributed by atoms with E-state index in [1.54, 1.807) is 6.07 Å². The van der Waals surface area contributed by atoms with Gasteiger partial charge in [-0.15, -0.1) is 0 Å². The van der Waals surface area contributed by atoms with Gasteiger partial charge < -0.3 is 4.74 Å². The smallest absolute Gasteiger partial charge is 0.256 e. The van der Waals surface area contributed by atoms with Crippen LogP contribution >= 0.6 is 15.9 Å². The number of benzene rings is 1. The Hall–Kier alpha value is -2.07. The maximum atomic E-state index is 13.6. The van der Waals surface area contributed by atoms with Gasteiger partial charge in [-0.2, -0.15) is 5.26 Å². The lowest BCUT2D eigenvalue weighted by Crippen LogP contribution is -2.14. The van der Waals surface area contributed by atoms with Crippen molar-refractivity contribution >= 4 is 15.9 Å². The second-order valence-corrected chi connectivity index (χ2v) is 5.82. The Balaban J connectivity index is 2.00. The predicted octanol–water partition coefficient (Wildman–Crippen LogP) is 4.38. The van der Waals surface area contributed by atoms with Crippen LogP contribution in [0.2, 0.25) is 0 Å². The molecule has 3 nitrogen and oxygen atoms in total. The molecule has 0 saturated heterocycles. The van der Waals surface area contributed by atoms with Crippen molar-refractivity contribution in [2.45, 2.75) is 18.8 Å². The van der Waals surface area contributed by atoms with Crippen LogP contribution < -0.4 is 4.74 Å². The first-order chi connectivity index (χ1) is 10.4. The molecule has 0 radical (unpaired) electrons. The van der Waals surface area contributed by atoms with Gasteiger partial charge in [-0.25, -0.2) is 18.2 Å². The molecule has 1 aromatic heterocycles. The first-order valence-corrected chi connectivity index (χ1v) is 7.10. The molecule has 3 rings (SSSR count). The molecule has 1 aliphatic rings. The standard InChI is InChI=1S/C15H8BrF3N2O/c16-13-7-21-14(12-5-15(18,19)4-11(12)13)22-10-2-8(6-20)1-9(17)3-10/h1-3,7H,4-5H2. The molecule has 0 aliphatic heterocycles. The van der Waals surface area contributed by atoms with Crippen LogP contribution in [0.15, 0.2) is 28.9 Å². The summed E-state index contributed by atoms with van der Waals surface area (Å²) in [7, 11) is 0. The van der Waals surface area contributed by atoms with Gasteiger partial charge in [-0.1, -0.05) is 0 Å². The average Bonchev–Trinajstić information content (AvgIpc) is 2.78. The van der Waals surface area contributed by atoms with Gasteiger partial charge in [-0.3, -0.25) is 0 Å². The molecule has 112 valence electrons. The highest BCUT2D eigenvalue weighted by Crippen LogP contribution is 2.42. The van der Waals surface area contributed by atoms with Crippen molar-refractivity contribution in [3.05, 3.63) is 51.4 Å². The molecule has 1 heterocycles. The lowest BCUT2D eigenvalue weighted by Gasteiger charge is -2.10. The highest BCUT2D eigenvalue weighted by atomic mass is 79.9. The van der Waals surface area contributed by atoms with Gasteiger partial charge in [0.2, 0.25) is 5.88 Å². The van der Waals surface area contributed by atoms with Crippen LogP contribution in [0.3, 0.4) is 0 Å². The lowest BCUT2D eigenvalue weighted by atomic mass is 10.2. The molecule has 7 heteroatoms. The topological polar surface area (TPSA) is 45.9 Å². The highest BCUT2D eigenvalue weighted by molar-refractivity contribution is 9.10. The molecule has 0 unspecified atom stereocenters. The van der Waals surface area contributed by atoms with E-state index >= 15 is 0 Å². The molecular formula is C15H8BrF3N2O. The van der Waals surface area contributed by atoms with Crippen LogP contribution in [0.1, 0.15) is 16.7 Å². The Morgan fingerprint density at radius 2 is 1.95 bits per heavy atom. The van der Waals surface area contributed by atoms with Gasteiger partial charge in [0.05, 0.1) is 11.6 Å². The summed E-state index contributed by atoms with van der Waals surface area (Å²) in [4.78, 5) is 3.99. The lowest BCUT2D eigenvalue weighted by molar-refractivity contribution is 0.0127. The van der Waals surface area contributed by atoms with Crippen LogP contribution in [-0.2, 0) is 12.8 Å². The Kier molecular flexibility index (Phi) is 3.57. The summed E-state index contributed by atoms with van der Waals surface area (Å²) in [6.07, 6.45) is 0.499. The fraction of sp³-hybridized carbons (Fsp3) is 0.200. The summed E-state index contributed by atoms with van der Waals surface area (Å²) >= 11 is 3.20. The molecule has 0 saturated carbocycles. The number of nitriles is 1. The van der Waals surface area contributed by atoms with E-state index in [0.29, 0.717) is 15.6 Å². The van der Waals surface area contributed by atoms with E-state index < -0.39 is 24.6 Å². The van der Waals surface area contributed by atoms with E-state index in [1.807, 2.05) is 0 Å². The minimum absolute atomic E-state index is 0.00450. The summed E-state index contributed by atoms with van der Waals surface area (Å²) in [6, 6.07) is 5.26. The summed E-state index contributed by atoms with van der Waals surface area (Å²) in [6.45, 7) is 0. The predicted molar refractivity (Wildman–Crippen MR) is 75.5 cm³/mol. The number of halogens is 4. The van der Waals surface area contributed by atoms with Gasteiger partial charge in [0.1, 0.15) is 11.6 Å². The largest absolute Gasteiger partial charge is 0.439 e. The Morgan fingerprint density at radius 3 is 2.68 bits per heavy atom. The number of rotatable bonds is 2. The van der Waals surface area contributed by atoms with Crippen LogP contribution in [-0.4, -0.2) is 10.9 Å². The first kappa shape index (κ1) is 14.9. The zero-order chi connectivity index (χ0) is 15.9. The minimum Gasteiger partial charge on any atom is -0.439 e. The molecule has 0 atom stereocenters. The van der Waals surface area contributed by atoms with Crippen molar-refractivity contribution in [1.29, 1.82) is 5.26 Å². The van der Waals surface area contributed by atoms with Crippen molar-refractivity contribution in [3.8, 4) is 17.7 Å². The van der Waals surface area contributed by atoms with Gasteiger partial charge in [0, 0.05) is 35.1 Å². The third-order valence-electron chi connectivity index (χ3n) is 3.29.